The molecule has 1 rings (SSSR count). The largest absolute Gasteiger partial charge is 0.508 e. The Hall–Kier alpha value is -1.34. The van der Waals surface area contributed by atoms with Crippen molar-refractivity contribution in [3.8, 4) is 5.75 Å². The van der Waals surface area contributed by atoms with Crippen LogP contribution in [-0.2, 0) is 6.18 Å². The van der Waals surface area contributed by atoms with Gasteiger partial charge in [0.1, 0.15) is 11.6 Å². The van der Waals surface area contributed by atoms with Crippen molar-refractivity contribution in [2.24, 2.45) is 11.5 Å². The van der Waals surface area contributed by atoms with Crippen molar-refractivity contribution < 1.29 is 22.7 Å². The molecule has 16 heavy (non-hydrogen) atoms. The number of hydrogen-bond donors (Lipinski definition) is 3. The van der Waals surface area contributed by atoms with Crippen LogP contribution in [0.15, 0.2) is 12.1 Å². The van der Waals surface area contributed by atoms with Gasteiger partial charge in [0.25, 0.3) is 0 Å². The summed E-state index contributed by atoms with van der Waals surface area (Å²) in [5, 5.41) is 9.28. The van der Waals surface area contributed by atoms with Crippen LogP contribution < -0.4 is 11.5 Å². The molecule has 7 heteroatoms. The molecule has 5 N–H and O–H groups in total. The minimum absolute atomic E-state index is 0.113. The summed E-state index contributed by atoms with van der Waals surface area (Å²) in [4.78, 5) is 0. The lowest BCUT2D eigenvalue weighted by Crippen LogP contribution is -2.21. The fraction of sp³-hybridized carbons (Fsp3) is 0.333. The topological polar surface area (TPSA) is 72.3 Å². The Morgan fingerprint density at radius 2 is 1.88 bits per heavy atom. The van der Waals surface area contributed by atoms with Gasteiger partial charge in [-0.1, -0.05) is 0 Å². The molecule has 3 nitrogen and oxygen atoms in total. The maximum atomic E-state index is 13.1. The number of phenolic OH excluding ortho intramolecular Hbond substituents is 1. The van der Waals surface area contributed by atoms with Gasteiger partial charge in [-0.15, -0.1) is 0 Å². The molecule has 0 fully saturated rings. The Kier molecular flexibility index (Phi) is 3.39. The van der Waals surface area contributed by atoms with E-state index in [1.165, 1.54) is 0 Å². The van der Waals surface area contributed by atoms with Crippen molar-refractivity contribution in [2.45, 2.75) is 12.2 Å². The van der Waals surface area contributed by atoms with Crippen LogP contribution >= 0.6 is 0 Å². The number of benzene rings is 1. The number of rotatable bonds is 2. The van der Waals surface area contributed by atoms with Crippen LogP contribution in [-0.4, -0.2) is 11.7 Å². The van der Waals surface area contributed by atoms with Gasteiger partial charge in [0.15, 0.2) is 0 Å². The first-order valence-electron chi connectivity index (χ1n) is 4.32. The fourth-order valence-electron chi connectivity index (χ4n) is 1.22. The molecule has 1 atom stereocenters. The first-order valence-corrected chi connectivity index (χ1v) is 4.32. The molecule has 0 radical (unpaired) electrons. The van der Waals surface area contributed by atoms with E-state index < -0.39 is 29.3 Å². The van der Waals surface area contributed by atoms with Crippen LogP contribution in [0, 0.1) is 5.82 Å². The molecule has 1 aromatic carbocycles. The van der Waals surface area contributed by atoms with Crippen molar-refractivity contribution >= 4 is 0 Å². The Morgan fingerprint density at radius 3 is 2.31 bits per heavy atom. The van der Waals surface area contributed by atoms with E-state index in [0.717, 1.165) is 0 Å². The predicted molar refractivity (Wildman–Crippen MR) is 49.0 cm³/mol. The fourth-order valence-corrected chi connectivity index (χ4v) is 1.22. The maximum absolute atomic E-state index is 13.1. The van der Waals surface area contributed by atoms with Gasteiger partial charge in [0.2, 0.25) is 0 Å². The van der Waals surface area contributed by atoms with Crippen LogP contribution in [0.5, 0.6) is 5.75 Å². The van der Waals surface area contributed by atoms with E-state index in [-0.39, 0.29) is 12.1 Å². The van der Waals surface area contributed by atoms with Gasteiger partial charge in [-0.2, -0.15) is 13.2 Å². The minimum Gasteiger partial charge on any atom is -0.508 e. The molecular formula is C9H10F4N2O. The highest BCUT2D eigenvalue weighted by Crippen LogP contribution is 2.36. The first kappa shape index (κ1) is 12.7. The molecule has 0 amide bonds. The first-order chi connectivity index (χ1) is 7.27. The number of hydrogen-bond acceptors (Lipinski definition) is 3. The van der Waals surface area contributed by atoms with E-state index in [4.69, 9.17) is 11.5 Å². The summed E-state index contributed by atoms with van der Waals surface area (Å²) >= 11 is 0. The van der Waals surface area contributed by atoms with Gasteiger partial charge in [-0.3, -0.25) is 0 Å². The van der Waals surface area contributed by atoms with Gasteiger partial charge in [-0.05, 0) is 12.1 Å². The highest BCUT2D eigenvalue weighted by Gasteiger charge is 2.35. The van der Waals surface area contributed by atoms with Crippen LogP contribution in [0.2, 0.25) is 0 Å². The summed E-state index contributed by atoms with van der Waals surface area (Å²) in [6, 6.07) is -0.0487. The van der Waals surface area contributed by atoms with Gasteiger partial charge in [-0.25, -0.2) is 4.39 Å². The van der Waals surface area contributed by atoms with Crippen LogP contribution in [0.3, 0.4) is 0 Å². The number of aromatic hydroxyl groups is 1. The smallest absolute Gasteiger partial charge is 0.419 e. The normalized spacial score (nSPS) is 13.9. The summed E-state index contributed by atoms with van der Waals surface area (Å²) in [5.74, 6) is -2.20. The second-order valence-electron chi connectivity index (χ2n) is 3.23. The van der Waals surface area contributed by atoms with Gasteiger partial charge >= 0.3 is 6.18 Å². The Bertz CT molecular complexity index is 392. The molecule has 1 aromatic rings. The Labute approximate surface area is 88.7 Å². The van der Waals surface area contributed by atoms with Crippen molar-refractivity contribution in [1.82, 2.24) is 0 Å². The third-order valence-electron chi connectivity index (χ3n) is 2.08. The molecular weight excluding hydrogens is 228 g/mol. The number of halogens is 4. The Balaban J connectivity index is 3.28. The third-order valence-corrected chi connectivity index (χ3v) is 2.08. The molecule has 0 saturated heterocycles. The third kappa shape index (κ3) is 2.42. The monoisotopic (exact) mass is 238 g/mol. The van der Waals surface area contributed by atoms with Crippen LogP contribution in [0.25, 0.3) is 0 Å². The van der Waals surface area contributed by atoms with E-state index in [1.54, 1.807) is 0 Å². The average molecular weight is 238 g/mol. The minimum atomic E-state index is -4.85. The molecule has 0 aliphatic carbocycles. The van der Waals surface area contributed by atoms with Crippen molar-refractivity contribution in [3.63, 3.8) is 0 Å². The lowest BCUT2D eigenvalue weighted by molar-refractivity contribution is -0.140. The summed E-state index contributed by atoms with van der Waals surface area (Å²) in [6.45, 7) is -0.113. The van der Waals surface area contributed by atoms with E-state index in [0.29, 0.717) is 12.1 Å². The highest BCUT2D eigenvalue weighted by molar-refractivity contribution is 5.40. The molecule has 0 unspecified atom stereocenters. The van der Waals surface area contributed by atoms with E-state index in [2.05, 4.69) is 0 Å². The standard InChI is InChI=1S/C9H10F4N2O/c10-6-1-4(7(15)3-14)8(16)2-5(6)9(11,12)13/h1-2,7,16H,3,14-15H2/t7-/m1/s1. The Morgan fingerprint density at radius 1 is 1.31 bits per heavy atom. The van der Waals surface area contributed by atoms with Crippen molar-refractivity contribution in [3.05, 3.63) is 29.1 Å². The molecule has 0 aliphatic rings. The van der Waals surface area contributed by atoms with Gasteiger partial charge in [0, 0.05) is 18.2 Å². The van der Waals surface area contributed by atoms with Gasteiger partial charge in [0.05, 0.1) is 5.56 Å². The second kappa shape index (κ2) is 4.26. The maximum Gasteiger partial charge on any atom is 0.419 e. The molecule has 90 valence electrons. The molecule has 0 aliphatic heterocycles. The summed E-state index contributed by atoms with van der Waals surface area (Å²) < 4.78 is 49.8. The zero-order valence-electron chi connectivity index (χ0n) is 8.05. The zero-order chi connectivity index (χ0) is 12.5. The highest BCUT2D eigenvalue weighted by atomic mass is 19.4. The quantitative estimate of drug-likeness (QED) is 0.684. The molecule has 0 heterocycles. The zero-order valence-corrected chi connectivity index (χ0v) is 8.05. The van der Waals surface area contributed by atoms with E-state index in [1.807, 2.05) is 0 Å². The molecule has 0 aromatic heterocycles. The van der Waals surface area contributed by atoms with Crippen molar-refractivity contribution in [2.75, 3.05) is 6.54 Å². The molecule has 0 spiro atoms. The SMILES string of the molecule is NC[C@@H](N)c1cc(F)c(C(F)(F)F)cc1O. The van der Waals surface area contributed by atoms with Gasteiger partial charge < -0.3 is 16.6 Å². The van der Waals surface area contributed by atoms with E-state index in [9.17, 15) is 22.7 Å². The lowest BCUT2D eigenvalue weighted by Gasteiger charge is -2.14. The molecule has 0 saturated carbocycles. The summed E-state index contributed by atoms with van der Waals surface area (Å²) in [6.07, 6.45) is -4.85. The summed E-state index contributed by atoms with van der Waals surface area (Å²) in [5.41, 5.74) is 8.88. The van der Waals surface area contributed by atoms with Crippen LogP contribution in [0.4, 0.5) is 17.6 Å². The number of phenols is 1. The second-order valence-corrected chi connectivity index (χ2v) is 3.23. The van der Waals surface area contributed by atoms with E-state index >= 15 is 0 Å². The lowest BCUT2D eigenvalue weighted by atomic mass is 10.0. The summed E-state index contributed by atoms with van der Waals surface area (Å²) in [7, 11) is 0. The number of alkyl halides is 3. The van der Waals surface area contributed by atoms with Crippen molar-refractivity contribution in [1.29, 1.82) is 0 Å². The van der Waals surface area contributed by atoms with Crippen LogP contribution in [0.1, 0.15) is 17.2 Å². The average Bonchev–Trinajstić information content (AvgIpc) is 2.18. The predicted octanol–water partition coefficient (Wildman–Crippen LogP) is 1.51. The molecule has 0 bridgehead atoms. The number of nitrogens with two attached hydrogens (primary N) is 2.